The Balaban J connectivity index is 1.61. The van der Waals surface area contributed by atoms with Crippen molar-refractivity contribution >= 4 is 64.8 Å². The van der Waals surface area contributed by atoms with E-state index in [4.69, 9.17) is 5.14 Å². The number of primary sulfonamides is 1. The fourth-order valence-electron chi connectivity index (χ4n) is 2.71. The SMILES string of the molecule is C[C@H](CO)Nc1nc(Nc2csc(S(=O)(=O)NCCc3ccc(S(N)(=O)=O)cc3)c2)ncc1Br. The number of benzene rings is 1. The predicted molar refractivity (Wildman–Crippen MR) is 134 cm³/mol. The van der Waals surface area contributed by atoms with Crippen LogP contribution in [0.15, 0.2) is 55.5 Å². The molecule has 0 spiro atoms. The standard InChI is InChI=1S/C19H23BrN6O5S3/c1-12(10-27)24-18-16(20)9-22-19(26-18)25-14-8-17(32-11-14)34(30,31)23-7-6-13-2-4-15(5-3-13)33(21,28)29/h2-5,8-9,11-12,23,27H,6-7,10H2,1H3,(H2,21,28,29)(H2,22,24,25,26)/t12-/m1/s1. The first-order valence-electron chi connectivity index (χ1n) is 9.85. The summed E-state index contributed by atoms with van der Waals surface area (Å²) in [7, 11) is -7.52. The van der Waals surface area contributed by atoms with E-state index in [2.05, 4.69) is 41.3 Å². The Morgan fingerprint density at radius 1 is 1.21 bits per heavy atom. The molecule has 1 atom stereocenters. The minimum absolute atomic E-state index is 0.00369. The molecule has 1 aromatic carbocycles. The van der Waals surface area contributed by atoms with Gasteiger partial charge in [0.15, 0.2) is 0 Å². The molecule has 0 aliphatic rings. The van der Waals surface area contributed by atoms with Crippen molar-refractivity contribution in [3.63, 3.8) is 0 Å². The number of anilines is 3. The summed E-state index contributed by atoms with van der Waals surface area (Å²) in [4.78, 5) is 8.50. The summed E-state index contributed by atoms with van der Waals surface area (Å²) in [6.45, 7) is 1.86. The molecule has 15 heteroatoms. The lowest BCUT2D eigenvalue weighted by Crippen LogP contribution is -2.25. The molecule has 0 aliphatic carbocycles. The van der Waals surface area contributed by atoms with Gasteiger partial charge in [-0.1, -0.05) is 12.1 Å². The summed E-state index contributed by atoms with van der Waals surface area (Å²) in [6, 6.07) is 7.20. The Hall–Kier alpha value is -2.14. The largest absolute Gasteiger partial charge is 0.394 e. The molecule has 184 valence electrons. The molecule has 0 unspecified atom stereocenters. The van der Waals surface area contributed by atoms with Gasteiger partial charge in [0.2, 0.25) is 26.0 Å². The molecule has 0 saturated heterocycles. The van der Waals surface area contributed by atoms with E-state index in [1.54, 1.807) is 30.6 Å². The summed E-state index contributed by atoms with van der Waals surface area (Å²) in [6.07, 6.45) is 1.91. The Kier molecular flexibility index (Phi) is 8.62. The Bertz CT molecular complexity index is 1350. The minimum atomic E-state index is -3.77. The first-order chi connectivity index (χ1) is 16.0. The number of hydrogen-bond acceptors (Lipinski definition) is 10. The second-order valence-electron chi connectivity index (χ2n) is 7.23. The molecule has 2 aromatic heterocycles. The average Bonchev–Trinajstić information content (AvgIpc) is 3.25. The molecule has 3 rings (SSSR count). The number of aliphatic hydroxyl groups excluding tert-OH is 1. The highest BCUT2D eigenvalue weighted by Gasteiger charge is 2.17. The second-order valence-corrected chi connectivity index (χ2v) is 12.6. The van der Waals surface area contributed by atoms with Gasteiger partial charge in [0.25, 0.3) is 0 Å². The van der Waals surface area contributed by atoms with Gasteiger partial charge < -0.3 is 15.7 Å². The highest BCUT2D eigenvalue weighted by Crippen LogP contribution is 2.27. The summed E-state index contributed by atoms with van der Waals surface area (Å²) in [5.41, 5.74) is 1.27. The zero-order chi connectivity index (χ0) is 24.9. The predicted octanol–water partition coefficient (Wildman–Crippen LogP) is 2.01. The van der Waals surface area contributed by atoms with Crippen LogP contribution >= 0.6 is 27.3 Å². The van der Waals surface area contributed by atoms with E-state index >= 15 is 0 Å². The highest BCUT2D eigenvalue weighted by atomic mass is 79.9. The van der Waals surface area contributed by atoms with Gasteiger partial charge >= 0.3 is 0 Å². The maximum Gasteiger partial charge on any atom is 0.250 e. The molecule has 34 heavy (non-hydrogen) atoms. The van der Waals surface area contributed by atoms with E-state index in [0.29, 0.717) is 22.4 Å². The van der Waals surface area contributed by atoms with Crippen LogP contribution in [0.3, 0.4) is 0 Å². The molecule has 0 radical (unpaired) electrons. The molecular formula is C19H23BrN6O5S3. The maximum atomic E-state index is 12.6. The van der Waals surface area contributed by atoms with Gasteiger partial charge in [-0.15, -0.1) is 11.3 Å². The van der Waals surface area contributed by atoms with Gasteiger partial charge in [0.05, 0.1) is 21.7 Å². The fraction of sp³-hybridized carbons (Fsp3) is 0.263. The Morgan fingerprint density at radius 2 is 1.91 bits per heavy atom. The normalized spacial score (nSPS) is 12.9. The zero-order valence-electron chi connectivity index (χ0n) is 17.9. The van der Waals surface area contributed by atoms with Crippen molar-refractivity contribution in [1.82, 2.24) is 14.7 Å². The van der Waals surface area contributed by atoms with E-state index in [-0.39, 0.29) is 34.2 Å². The van der Waals surface area contributed by atoms with Crippen LogP contribution in [-0.4, -0.2) is 51.1 Å². The fourth-order valence-corrected chi connectivity index (χ4v) is 5.72. The van der Waals surface area contributed by atoms with Crippen molar-refractivity contribution in [1.29, 1.82) is 0 Å². The van der Waals surface area contributed by atoms with Gasteiger partial charge in [-0.3, -0.25) is 0 Å². The summed E-state index contributed by atoms with van der Waals surface area (Å²) >= 11 is 4.38. The lowest BCUT2D eigenvalue weighted by molar-refractivity contribution is 0.281. The number of aliphatic hydroxyl groups is 1. The zero-order valence-corrected chi connectivity index (χ0v) is 21.9. The third kappa shape index (κ3) is 7.18. The average molecular weight is 592 g/mol. The van der Waals surface area contributed by atoms with E-state index in [1.807, 2.05) is 0 Å². The van der Waals surface area contributed by atoms with Crippen molar-refractivity contribution in [2.24, 2.45) is 5.14 Å². The lowest BCUT2D eigenvalue weighted by atomic mass is 10.2. The van der Waals surface area contributed by atoms with Crippen LogP contribution in [0.4, 0.5) is 17.5 Å². The summed E-state index contributed by atoms with van der Waals surface area (Å²) in [5.74, 6) is 0.745. The van der Waals surface area contributed by atoms with Gasteiger partial charge in [0, 0.05) is 24.2 Å². The van der Waals surface area contributed by atoms with Crippen molar-refractivity contribution in [2.75, 3.05) is 23.8 Å². The molecule has 0 amide bonds. The molecular weight excluding hydrogens is 568 g/mol. The van der Waals surface area contributed by atoms with Gasteiger partial charge in [0.1, 0.15) is 10.0 Å². The lowest BCUT2D eigenvalue weighted by Gasteiger charge is -2.13. The third-order valence-electron chi connectivity index (χ3n) is 4.46. The topological polar surface area (TPSA) is 176 Å². The number of nitrogens with zero attached hydrogens (tertiary/aromatic N) is 2. The second kappa shape index (κ2) is 11.1. The van der Waals surface area contributed by atoms with E-state index in [1.165, 1.54) is 18.2 Å². The quantitative estimate of drug-likeness (QED) is 0.223. The molecule has 11 nitrogen and oxygen atoms in total. The molecule has 2 heterocycles. The number of thiophene rings is 1. The molecule has 3 aromatic rings. The first kappa shape index (κ1) is 26.5. The number of sulfonamides is 2. The number of nitrogens with one attached hydrogen (secondary N) is 3. The highest BCUT2D eigenvalue weighted by molar-refractivity contribution is 9.10. The smallest absolute Gasteiger partial charge is 0.250 e. The first-order valence-corrected chi connectivity index (χ1v) is 14.5. The van der Waals surface area contributed by atoms with Crippen LogP contribution in [0.5, 0.6) is 0 Å². The van der Waals surface area contributed by atoms with Crippen LogP contribution in [0.1, 0.15) is 12.5 Å². The van der Waals surface area contributed by atoms with Crippen LogP contribution in [0, 0.1) is 0 Å². The van der Waals surface area contributed by atoms with Crippen LogP contribution < -0.4 is 20.5 Å². The van der Waals surface area contributed by atoms with E-state index in [9.17, 15) is 21.9 Å². The summed E-state index contributed by atoms with van der Waals surface area (Å²) < 4.78 is 51.2. The Labute approximate surface area is 210 Å². The number of hydrogen-bond donors (Lipinski definition) is 5. The van der Waals surface area contributed by atoms with E-state index in [0.717, 1.165) is 16.9 Å². The number of aromatic nitrogens is 2. The summed E-state index contributed by atoms with van der Waals surface area (Å²) in [5, 5.41) is 21.9. The third-order valence-corrected chi connectivity index (χ3v) is 8.87. The van der Waals surface area contributed by atoms with Crippen molar-refractivity contribution in [3.8, 4) is 0 Å². The number of halogens is 1. The van der Waals surface area contributed by atoms with Gasteiger partial charge in [-0.25, -0.2) is 31.7 Å². The van der Waals surface area contributed by atoms with Crippen molar-refractivity contribution in [2.45, 2.75) is 28.5 Å². The number of rotatable bonds is 11. The molecule has 0 aliphatic heterocycles. The molecule has 0 bridgehead atoms. The maximum absolute atomic E-state index is 12.6. The van der Waals surface area contributed by atoms with Crippen LogP contribution in [0.25, 0.3) is 0 Å². The monoisotopic (exact) mass is 590 g/mol. The van der Waals surface area contributed by atoms with Crippen molar-refractivity contribution < 1.29 is 21.9 Å². The van der Waals surface area contributed by atoms with Crippen LogP contribution in [-0.2, 0) is 26.5 Å². The minimum Gasteiger partial charge on any atom is -0.394 e. The Morgan fingerprint density at radius 3 is 2.56 bits per heavy atom. The molecule has 0 fully saturated rings. The van der Waals surface area contributed by atoms with Gasteiger partial charge in [-0.05, 0) is 53.0 Å². The number of nitrogens with two attached hydrogens (primary N) is 1. The van der Waals surface area contributed by atoms with E-state index < -0.39 is 20.0 Å². The van der Waals surface area contributed by atoms with Crippen LogP contribution in [0.2, 0.25) is 0 Å². The molecule has 6 N–H and O–H groups in total. The van der Waals surface area contributed by atoms with Crippen molar-refractivity contribution in [3.05, 3.63) is 51.9 Å². The van der Waals surface area contributed by atoms with Gasteiger partial charge in [-0.2, -0.15) is 4.98 Å². The molecule has 0 saturated carbocycles.